The number of rotatable bonds is 5. The standard InChI is InChI=1S/C22H25N5O2S/c1-3-17-13-18-20(24-15(2)25-22(18)30-17)27-11-9-26(10-12-27)19(28)14-23-21(29)16-7-5-4-6-8-16/h4-8,13H,3,9-12,14H2,1-2H3,(H,23,29). The highest BCUT2D eigenvalue weighted by Crippen LogP contribution is 2.31. The average Bonchev–Trinajstić information content (AvgIpc) is 3.20. The van der Waals surface area contributed by atoms with Crippen LogP contribution in [0.25, 0.3) is 10.2 Å². The molecular weight excluding hydrogens is 398 g/mol. The number of aromatic nitrogens is 2. The van der Waals surface area contributed by atoms with E-state index in [9.17, 15) is 9.59 Å². The summed E-state index contributed by atoms with van der Waals surface area (Å²) >= 11 is 1.72. The average molecular weight is 424 g/mol. The Morgan fingerprint density at radius 2 is 1.83 bits per heavy atom. The SMILES string of the molecule is CCc1cc2c(N3CCN(C(=O)CNC(=O)c4ccccc4)CC3)nc(C)nc2s1. The van der Waals surface area contributed by atoms with E-state index in [4.69, 9.17) is 4.98 Å². The van der Waals surface area contributed by atoms with E-state index >= 15 is 0 Å². The van der Waals surface area contributed by atoms with Crippen molar-refractivity contribution in [2.24, 2.45) is 0 Å². The molecule has 1 aromatic carbocycles. The van der Waals surface area contributed by atoms with Crippen molar-refractivity contribution in [3.05, 3.63) is 52.7 Å². The maximum Gasteiger partial charge on any atom is 0.251 e. The summed E-state index contributed by atoms with van der Waals surface area (Å²) in [6, 6.07) is 11.1. The molecule has 30 heavy (non-hydrogen) atoms. The summed E-state index contributed by atoms with van der Waals surface area (Å²) in [4.78, 5) is 40.3. The van der Waals surface area contributed by atoms with Crippen molar-refractivity contribution in [2.75, 3.05) is 37.6 Å². The minimum Gasteiger partial charge on any atom is -0.352 e. The number of benzene rings is 1. The van der Waals surface area contributed by atoms with E-state index in [0.29, 0.717) is 31.7 Å². The number of fused-ring (bicyclic) bond motifs is 1. The molecule has 0 aliphatic carbocycles. The molecule has 1 aliphatic rings. The number of thiophene rings is 1. The maximum absolute atomic E-state index is 12.6. The van der Waals surface area contributed by atoms with E-state index in [1.54, 1.807) is 40.5 Å². The molecule has 0 unspecified atom stereocenters. The fourth-order valence-electron chi connectivity index (χ4n) is 3.60. The van der Waals surface area contributed by atoms with Crippen LogP contribution >= 0.6 is 11.3 Å². The number of nitrogens with zero attached hydrogens (tertiary/aromatic N) is 4. The first-order valence-corrected chi connectivity index (χ1v) is 11.0. The van der Waals surface area contributed by atoms with Crippen molar-refractivity contribution >= 4 is 39.2 Å². The third kappa shape index (κ3) is 4.28. The van der Waals surface area contributed by atoms with Gasteiger partial charge < -0.3 is 15.1 Å². The number of carbonyl (C=O) groups is 2. The van der Waals surface area contributed by atoms with Gasteiger partial charge >= 0.3 is 0 Å². The zero-order valence-electron chi connectivity index (χ0n) is 17.2. The van der Waals surface area contributed by atoms with E-state index in [0.717, 1.165) is 28.3 Å². The van der Waals surface area contributed by atoms with Gasteiger partial charge in [-0.15, -0.1) is 11.3 Å². The summed E-state index contributed by atoms with van der Waals surface area (Å²) in [6.45, 7) is 6.71. The Hall–Kier alpha value is -3.00. The van der Waals surface area contributed by atoms with E-state index in [2.05, 4.69) is 28.2 Å². The van der Waals surface area contributed by atoms with Crippen molar-refractivity contribution in [3.63, 3.8) is 0 Å². The molecular formula is C22H25N5O2S. The first-order chi connectivity index (χ1) is 14.5. The number of piperazine rings is 1. The van der Waals surface area contributed by atoms with Crippen LogP contribution in [-0.2, 0) is 11.2 Å². The Morgan fingerprint density at radius 1 is 1.10 bits per heavy atom. The number of hydrogen-bond acceptors (Lipinski definition) is 6. The molecule has 1 saturated heterocycles. The highest BCUT2D eigenvalue weighted by Gasteiger charge is 2.24. The molecule has 156 valence electrons. The molecule has 3 heterocycles. The van der Waals surface area contributed by atoms with Crippen molar-refractivity contribution in [3.8, 4) is 0 Å². The van der Waals surface area contributed by atoms with Crippen LogP contribution < -0.4 is 10.2 Å². The summed E-state index contributed by atoms with van der Waals surface area (Å²) < 4.78 is 0. The second-order valence-electron chi connectivity index (χ2n) is 7.30. The molecule has 1 N–H and O–H groups in total. The number of amides is 2. The van der Waals surface area contributed by atoms with Crippen LogP contribution in [0.2, 0.25) is 0 Å². The maximum atomic E-state index is 12.6. The summed E-state index contributed by atoms with van der Waals surface area (Å²) in [7, 11) is 0. The number of aryl methyl sites for hydroxylation is 2. The van der Waals surface area contributed by atoms with Crippen LogP contribution in [0.3, 0.4) is 0 Å². The molecule has 1 fully saturated rings. The topological polar surface area (TPSA) is 78.4 Å². The van der Waals surface area contributed by atoms with E-state index in [1.807, 2.05) is 13.0 Å². The molecule has 8 heteroatoms. The van der Waals surface area contributed by atoms with E-state index in [-0.39, 0.29) is 18.4 Å². The summed E-state index contributed by atoms with van der Waals surface area (Å²) in [5.74, 6) is 1.43. The van der Waals surface area contributed by atoms with Gasteiger partial charge in [0.05, 0.1) is 11.9 Å². The molecule has 1 aliphatic heterocycles. The smallest absolute Gasteiger partial charge is 0.251 e. The second kappa shape index (κ2) is 8.79. The summed E-state index contributed by atoms with van der Waals surface area (Å²) in [6.07, 6.45) is 0.983. The highest BCUT2D eigenvalue weighted by molar-refractivity contribution is 7.18. The van der Waals surface area contributed by atoms with Gasteiger partial charge in [0.1, 0.15) is 16.5 Å². The largest absolute Gasteiger partial charge is 0.352 e. The number of hydrogen-bond donors (Lipinski definition) is 1. The van der Waals surface area contributed by atoms with Gasteiger partial charge in [0.15, 0.2) is 0 Å². The Morgan fingerprint density at radius 3 is 2.53 bits per heavy atom. The fraction of sp³-hybridized carbons (Fsp3) is 0.364. The third-order valence-electron chi connectivity index (χ3n) is 5.25. The van der Waals surface area contributed by atoms with Gasteiger partial charge in [0, 0.05) is 36.6 Å². The Labute approximate surface area is 179 Å². The minimum absolute atomic E-state index is 0.00891. The minimum atomic E-state index is -0.231. The van der Waals surface area contributed by atoms with Crippen molar-refractivity contribution < 1.29 is 9.59 Å². The molecule has 0 saturated carbocycles. The Kier molecular flexibility index (Phi) is 5.94. The molecule has 2 amide bonds. The van der Waals surface area contributed by atoms with Crippen LogP contribution in [0.4, 0.5) is 5.82 Å². The second-order valence-corrected chi connectivity index (χ2v) is 8.41. The molecule has 0 spiro atoms. The first kappa shape index (κ1) is 20.3. The lowest BCUT2D eigenvalue weighted by Gasteiger charge is -2.35. The monoisotopic (exact) mass is 423 g/mol. The van der Waals surface area contributed by atoms with Gasteiger partial charge in [-0.2, -0.15) is 0 Å². The van der Waals surface area contributed by atoms with Gasteiger partial charge in [-0.1, -0.05) is 25.1 Å². The van der Waals surface area contributed by atoms with Crippen LogP contribution in [0.15, 0.2) is 36.4 Å². The van der Waals surface area contributed by atoms with E-state index in [1.165, 1.54) is 4.88 Å². The third-order valence-corrected chi connectivity index (χ3v) is 6.43. The predicted octanol–water partition coefficient (Wildman–Crippen LogP) is 2.64. The molecule has 0 radical (unpaired) electrons. The molecule has 2 aromatic heterocycles. The quantitative estimate of drug-likeness (QED) is 0.683. The summed E-state index contributed by atoms with van der Waals surface area (Å²) in [5, 5.41) is 3.81. The first-order valence-electron chi connectivity index (χ1n) is 10.2. The van der Waals surface area contributed by atoms with Crippen LogP contribution in [0, 0.1) is 6.92 Å². The predicted molar refractivity (Wildman–Crippen MR) is 119 cm³/mol. The molecule has 0 atom stereocenters. The number of carbonyl (C=O) groups excluding carboxylic acids is 2. The van der Waals surface area contributed by atoms with E-state index < -0.39 is 0 Å². The fourth-order valence-corrected chi connectivity index (χ4v) is 4.61. The van der Waals surface area contributed by atoms with Gasteiger partial charge in [-0.05, 0) is 31.5 Å². The van der Waals surface area contributed by atoms with Crippen LogP contribution in [0.1, 0.15) is 28.0 Å². The lowest BCUT2D eigenvalue weighted by atomic mass is 10.2. The highest BCUT2D eigenvalue weighted by atomic mass is 32.1. The van der Waals surface area contributed by atoms with Crippen molar-refractivity contribution in [1.29, 1.82) is 0 Å². The lowest BCUT2D eigenvalue weighted by Crippen LogP contribution is -2.51. The molecule has 3 aromatic rings. The van der Waals surface area contributed by atoms with Gasteiger partial charge in [0.25, 0.3) is 5.91 Å². The zero-order valence-corrected chi connectivity index (χ0v) is 18.0. The number of nitrogens with one attached hydrogen (secondary N) is 1. The van der Waals surface area contributed by atoms with Gasteiger partial charge in [0.2, 0.25) is 5.91 Å². The van der Waals surface area contributed by atoms with Crippen molar-refractivity contribution in [1.82, 2.24) is 20.2 Å². The number of anilines is 1. The van der Waals surface area contributed by atoms with Gasteiger partial charge in [-0.25, -0.2) is 9.97 Å². The Balaban J connectivity index is 1.37. The van der Waals surface area contributed by atoms with Crippen LogP contribution in [-0.4, -0.2) is 59.4 Å². The Bertz CT molecular complexity index is 1060. The normalized spacial score (nSPS) is 14.2. The zero-order chi connectivity index (χ0) is 21.1. The van der Waals surface area contributed by atoms with Crippen LogP contribution in [0.5, 0.6) is 0 Å². The van der Waals surface area contributed by atoms with Crippen molar-refractivity contribution in [2.45, 2.75) is 20.3 Å². The molecule has 7 nitrogen and oxygen atoms in total. The van der Waals surface area contributed by atoms with Gasteiger partial charge in [-0.3, -0.25) is 9.59 Å². The lowest BCUT2D eigenvalue weighted by molar-refractivity contribution is -0.130. The molecule has 0 bridgehead atoms. The molecule has 4 rings (SSSR count). The summed E-state index contributed by atoms with van der Waals surface area (Å²) in [5.41, 5.74) is 0.556.